The number of carbonyl (C=O) groups is 2. The van der Waals surface area contributed by atoms with Gasteiger partial charge in [0.15, 0.2) is 5.66 Å². The van der Waals surface area contributed by atoms with E-state index in [1.807, 2.05) is 60.4 Å². The Bertz CT molecular complexity index is 1160. The highest BCUT2D eigenvalue weighted by Gasteiger charge is 2.59. The van der Waals surface area contributed by atoms with Crippen LogP contribution in [0.15, 0.2) is 72.8 Å². The van der Waals surface area contributed by atoms with Gasteiger partial charge < -0.3 is 15.0 Å². The Balaban J connectivity index is 1.61. The first-order chi connectivity index (χ1) is 15.1. The molecule has 6 heteroatoms. The van der Waals surface area contributed by atoms with Gasteiger partial charge in [0.1, 0.15) is 5.75 Å². The number of benzene rings is 3. The second kappa shape index (κ2) is 7.16. The summed E-state index contributed by atoms with van der Waals surface area (Å²) < 4.78 is 5.20. The second-order valence-electron chi connectivity index (χ2n) is 7.85. The minimum atomic E-state index is -0.960. The SMILES string of the molecule is COc1ccc(NC(=O)N2CCN3C(=O)c4ccccc4C23c2ccc(C)cc2)cc1. The molecule has 1 unspecified atom stereocenters. The van der Waals surface area contributed by atoms with E-state index in [0.29, 0.717) is 24.3 Å². The Labute approximate surface area is 181 Å². The maximum absolute atomic E-state index is 13.5. The van der Waals surface area contributed by atoms with E-state index in [2.05, 4.69) is 5.32 Å². The van der Waals surface area contributed by atoms with Crippen molar-refractivity contribution in [3.05, 3.63) is 95.1 Å². The number of carbonyl (C=O) groups excluding carboxylic acids is 2. The molecule has 31 heavy (non-hydrogen) atoms. The molecule has 0 spiro atoms. The molecule has 0 aliphatic carbocycles. The largest absolute Gasteiger partial charge is 0.497 e. The van der Waals surface area contributed by atoms with Gasteiger partial charge in [0.05, 0.1) is 7.11 Å². The van der Waals surface area contributed by atoms with E-state index in [1.54, 1.807) is 36.3 Å². The third-order valence-corrected chi connectivity index (χ3v) is 6.15. The van der Waals surface area contributed by atoms with Crippen molar-refractivity contribution >= 4 is 17.6 Å². The number of ether oxygens (including phenoxy) is 1. The lowest BCUT2D eigenvalue weighted by atomic mass is 9.89. The molecule has 1 atom stereocenters. The lowest BCUT2D eigenvalue weighted by molar-refractivity contribution is 0.0560. The molecule has 2 aliphatic rings. The van der Waals surface area contributed by atoms with Crippen molar-refractivity contribution in [1.82, 2.24) is 9.80 Å². The molecule has 2 heterocycles. The molecule has 2 aliphatic heterocycles. The van der Waals surface area contributed by atoms with Gasteiger partial charge in [-0.2, -0.15) is 0 Å². The van der Waals surface area contributed by atoms with Gasteiger partial charge in [-0.1, -0.05) is 48.0 Å². The van der Waals surface area contributed by atoms with Crippen molar-refractivity contribution in [1.29, 1.82) is 0 Å². The fourth-order valence-corrected chi connectivity index (χ4v) is 4.69. The van der Waals surface area contributed by atoms with Gasteiger partial charge in [-0.25, -0.2) is 4.79 Å². The molecule has 1 N–H and O–H groups in total. The van der Waals surface area contributed by atoms with Crippen LogP contribution in [0, 0.1) is 6.92 Å². The molecule has 1 saturated heterocycles. The molecular weight excluding hydrogens is 390 g/mol. The Kier molecular flexibility index (Phi) is 4.43. The third-order valence-electron chi connectivity index (χ3n) is 6.15. The Morgan fingerprint density at radius 1 is 0.968 bits per heavy atom. The second-order valence-corrected chi connectivity index (χ2v) is 7.85. The first-order valence-electron chi connectivity index (χ1n) is 10.3. The molecule has 0 aromatic heterocycles. The molecule has 3 aromatic carbocycles. The fraction of sp³-hybridized carbons (Fsp3) is 0.200. The Morgan fingerprint density at radius 2 is 1.68 bits per heavy atom. The Hall–Kier alpha value is -3.80. The average Bonchev–Trinajstić information content (AvgIpc) is 3.31. The molecule has 5 rings (SSSR count). The first-order valence-corrected chi connectivity index (χ1v) is 10.3. The van der Waals surface area contributed by atoms with Gasteiger partial charge in [0.2, 0.25) is 0 Å². The lowest BCUT2D eigenvalue weighted by Crippen LogP contribution is -2.52. The van der Waals surface area contributed by atoms with Crippen molar-refractivity contribution in [2.45, 2.75) is 12.6 Å². The van der Waals surface area contributed by atoms with Gasteiger partial charge in [0, 0.05) is 35.5 Å². The number of methoxy groups -OCH3 is 1. The van der Waals surface area contributed by atoms with Crippen LogP contribution in [0.5, 0.6) is 5.75 Å². The zero-order valence-electron chi connectivity index (χ0n) is 17.5. The highest BCUT2D eigenvalue weighted by atomic mass is 16.5. The number of fused-ring (bicyclic) bond motifs is 3. The summed E-state index contributed by atoms with van der Waals surface area (Å²) in [5.74, 6) is 0.674. The smallest absolute Gasteiger partial charge is 0.324 e. The molecule has 3 amide bonds. The molecular formula is C25H23N3O3. The highest BCUT2D eigenvalue weighted by molar-refractivity contribution is 6.03. The fourth-order valence-electron chi connectivity index (χ4n) is 4.69. The van der Waals surface area contributed by atoms with Gasteiger partial charge in [-0.3, -0.25) is 9.69 Å². The van der Waals surface area contributed by atoms with Crippen molar-refractivity contribution < 1.29 is 14.3 Å². The van der Waals surface area contributed by atoms with E-state index in [-0.39, 0.29) is 11.9 Å². The van der Waals surface area contributed by atoms with Crippen LogP contribution in [-0.4, -0.2) is 41.9 Å². The van der Waals surface area contributed by atoms with E-state index in [4.69, 9.17) is 4.74 Å². The summed E-state index contributed by atoms with van der Waals surface area (Å²) in [5.41, 5.74) is 3.21. The van der Waals surface area contributed by atoms with Gasteiger partial charge in [0.25, 0.3) is 5.91 Å². The molecule has 0 bridgehead atoms. The average molecular weight is 413 g/mol. The van der Waals surface area contributed by atoms with E-state index in [9.17, 15) is 9.59 Å². The van der Waals surface area contributed by atoms with Crippen molar-refractivity contribution in [2.24, 2.45) is 0 Å². The maximum atomic E-state index is 13.5. The summed E-state index contributed by atoms with van der Waals surface area (Å²) in [6.45, 7) is 2.93. The van der Waals surface area contributed by atoms with Crippen LogP contribution in [0.4, 0.5) is 10.5 Å². The highest BCUT2D eigenvalue weighted by Crippen LogP contribution is 2.49. The third kappa shape index (κ3) is 2.79. The maximum Gasteiger partial charge on any atom is 0.324 e. The number of aryl methyl sites for hydroxylation is 1. The van der Waals surface area contributed by atoms with Gasteiger partial charge >= 0.3 is 6.03 Å². The predicted molar refractivity (Wildman–Crippen MR) is 118 cm³/mol. The predicted octanol–water partition coefficient (Wildman–Crippen LogP) is 4.21. The zero-order chi connectivity index (χ0) is 21.6. The van der Waals surface area contributed by atoms with Crippen LogP contribution in [0.1, 0.15) is 27.0 Å². The van der Waals surface area contributed by atoms with Crippen molar-refractivity contribution in [3.8, 4) is 5.75 Å². The van der Waals surface area contributed by atoms with Crippen LogP contribution in [0.3, 0.4) is 0 Å². The first kappa shape index (κ1) is 19.2. The zero-order valence-corrected chi connectivity index (χ0v) is 17.5. The molecule has 0 radical (unpaired) electrons. The summed E-state index contributed by atoms with van der Waals surface area (Å²) in [5, 5.41) is 2.99. The van der Waals surface area contributed by atoms with E-state index in [1.165, 1.54) is 0 Å². The number of amides is 3. The molecule has 1 fully saturated rings. The summed E-state index contributed by atoms with van der Waals surface area (Å²) in [4.78, 5) is 30.4. The molecule has 0 saturated carbocycles. The number of anilines is 1. The van der Waals surface area contributed by atoms with Gasteiger partial charge in [-0.05, 0) is 37.3 Å². The number of hydrogen-bond donors (Lipinski definition) is 1. The number of hydrogen-bond acceptors (Lipinski definition) is 3. The summed E-state index contributed by atoms with van der Waals surface area (Å²) in [6.07, 6.45) is 0. The van der Waals surface area contributed by atoms with E-state index < -0.39 is 5.66 Å². The normalized spacial score (nSPS) is 19.2. The Morgan fingerprint density at radius 3 is 2.39 bits per heavy atom. The summed E-state index contributed by atoms with van der Waals surface area (Å²) >= 11 is 0. The number of urea groups is 1. The number of nitrogens with one attached hydrogen (secondary N) is 1. The molecule has 6 nitrogen and oxygen atoms in total. The standard InChI is InChI=1S/C25H23N3O3/c1-17-7-9-18(10-8-17)25-22-6-4-3-5-21(22)23(29)27(25)15-16-28(25)24(30)26-19-11-13-20(31-2)14-12-19/h3-14H,15-16H2,1-2H3,(H,26,30). The quantitative estimate of drug-likeness (QED) is 0.700. The minimum absolute atomic E-state index is 0.0454. The van der Waals surface area contributed by atoms with Crippen LogP contribution >= 0.6 is 0 Å². The van der Waals surface area contributed by atoms with Gasteiger partial charge in [-0.15, -0.1) is 0 Å². The monoisotopic (exact) mass is 413 g/mol. The van der Waals surface area contributed by atoms with Crippen molar-refractivity contribution in [3.63, 3.8) is 0 Å². The summed E-state index contributed by atoms with van der Waals surface area (Å²) in [6, 6.07) is 22.6. The topological polar surface area (TPSA) is 61.9 Å². The molecule has 3 aromatic rings. The number of nitrogens with zero attached hydrogens (tertiary/aromatic N) is 2. The van der Waals surface area contributed by atoms with E-state index >= 15 is 0 Å². The van der Waals surface area contributed by atoms with Crippen LogP contribution in [0.25, 0.3) is 0 Å². The van der Waals surface area contributed by atoms with Crippen LogP contribution in [-0.2, 0) is 5.66 Å². The van der Waals surface area contributed by atoms with E-state index in [0.717, 1.165) is 22.4 Å². The lowest BCUT2D eigenvalue weighted by Gasteiger charge is -2.40. The van der Waals surface area contributed by atoms with Crippen molar-refractivity contribution in [2.75, 3.05) is 25.5 Å². The number of rotatable bonds is 3. The van der Waals surface area contributed by atoms with Crippen LogP contribution in [0.2, 0.25) is 0 Å². The minimum Gasteiger partial charge on any atom is -0.497 e. The summed E-state index contributed by atoms with van der Waals surface area (Å²) in [7, 11) is 1.60. The molecule has 156 valence electrons. The van der Waals surface area contributed by atoms with Crippen LogP contribution < -0.4 is 10.1 Å².